The fourth-order valence-corrected chi connectivity index (χ4v) is 2.15. The van der Waals surface area contributed by atoms with E-state index in [1.165, 1.54) is 0 Å². The molecule has 0 radical (unpaired) electrons. The number of amides is 1. The van der Waals surface area contributed by atoms with Gasteiger partial charge in [-0.2, -0.15) is 0 Å². The molecule has 2 heterocycles. The maximum Gasteiger partial charge on any atom is 0.304 e. The topological polar surface area (TPSA) is 78.7 Å². The van der Waals surface area contributed by atoms with Crippen molar-refractivity contribution >= 4 is 11.9 Å². The summed E-state index contributed by atoms with van der Waals surface area (Å²) in [5.41, 5.74) is 0.582. The number of carboxylic acid groups (broad SMARTS) is 1. The zero-order valence-corrected chi connectivity index (χ0v) is 10.9. The van der Waals surface area contributed by atoms with Crippen molar-refractivity contribution in [3.63, 3.8) is 0 Å². The summed E-state index contributed by atoms with van der Waals surface area (Å²) in [5.74, 6) is -0.800. The summed E-state index contributed by atoms with van der Waals surface area (Å²) in [5, 5.41) is 8.64. The Kier molecular flexibility index (Phi) is 4.16. The minimum atomic E-state index is -0.784. The van der Waals surface area contributed by atoms with Gasteiger partial charge in [-0.05, 0) is 0 Å². The molecule has 0 saturated carbocycles. The molecule has 104 valence electrons. The van der Waals surface area contributed by atoms with Gasteiger partial charge in [-0.15, -0.1) is 0 Å². The number of nitrogens with zero attached hydrogens (tertiary/aromatic N) is 4. The van der Waals surface area contributed by atoms with Gasteiger partial charge in [-0.1, -0.05) is 0 Å². The Balaban J connectivity index is 1.85. The molecule has 1 aromatic heterocycles. The lowest BCUT2D eigenvalue weighted by atomic mass is 10.2. The molecule has 7 heteroatoms. The van der Waals surface area contributed by atoms with Crippen LogP contribution < -0.4 is 0 Å². The summed E-state index contributed by atoms with van der Waals surface area (Å²) in [7, 11) is 1.79. The predicted octanol–water partition coefficient (Wildman–Crippen LogP) is -0.347. The highest BCUT2D eigenvalue weighted by Gasteiger charge is 2.23. The maximum atomic E-state index is 12.2. The van der Waals surface area contributed by atoms with Crippen LogP contribution in [0.3, 0.4) is 0 Å². The highest BCUT2D eigenvalue weighted by atomic mass is 16.4. The molecule has 1 fully saturated rings. The Morgan fingerprint density at radius 3 is 2.53 bits per heavy atom. The fourth-order valence-electron chi connectivity index (χ4n) is 2.15. The summed E-state index contributed by atoms with van der Waals surface area (Å²) in [6.07, 6.45) is 3.32. The van der Waals surface area contributed by atoms with Gasteiger partial charge in [0.15, 0.2) is 0 Å². The van der Waals surface area contributed by atoms with Gasteiger partial charge in [0.1, 0.15) is 5.69 Å². The molecule has 1 N–H and O–H groups in total. The van der Waals surface area contributed by atoms with Crippen LogP contribution in [0, 0.1) is 0 Å². The van der Waals surface area contributed by atoms with Gasteiger partial charge >= 0.3 is 5.97 Å². The lowest BCUT2D eigenvalue weighted by Crippen LogP contribution is -2.49. The predicted molar refractivity (Wildman–Crippen MR) is 67.8 cm³/mol. The third-order valence-electron chi connectivity index (χ3n) is 3.34. The van der Waals surface area contributed by atoms with Gasteiger partial charge in [-0.25, -0.2) is 4.98 Å². The van der Waals surface area contributed by atoms with Gasteiger partial charge in [-0.3, -0.25) is 14.5 Å². The van der Waals surface area contributed by atoms with Crippen LogP contribution in [0.4, 0.5) is 0 Å². The number of carbonyl (C=O) groups is 2. The quantitative estimate of drug-likeness (QED) is 0.806. The number of rotatable bonds is 4. The number of aliphatic carboxylic acids is 1. The van der Waals surface area contributed by atoms with Crippen LogP contribution in [0.2, 0.25) is 0 Å². The molecule has 1 aliphatic heterocycles. The van der Waals surface area contributed by atoms with Gasteiger partial charge in [0.25, 0.3) is 5.91 Å². The van der Waals surface area contributed by atoms with E-state index in [9.17, 15) is 9.59 Å². The van der Waals surface area contributed by atoms with E-state index in [4.69, 9.17) is 5.11 Å². The highest BCUT2D eigenvalue weighted by molar-refractivity contribution is 5.92. The summed E-state index contributed by atoms with van der Waals surface area (Å²) in [6.45, 7) is 3.24. The Morgan fingerprint density at radius 2 is 2.00 bits per heavy atom. The molecular weight excluding hydrogens is 248 g/mol. The first-order chi connectivity index (χ1) is 9.08. The summed E-state index contributed by atoms with van der Waals surface area (Å²) >= 11 is 0. The van der Waals surface area contributed by atoms with Gasteiger partial charge in [0, 0.05) is 39.8 Å². The number of aryl methyl sites for hydroxylation is 1. The zero-order chi connectivity index (χ0) is 13.8. The van der Waals surface area contributed by atoms with E-state index >= 15 is 0 Å². The third-order valence-corrected chi connectivity index (χ3v) is 3.34. The minimum absolute atomic E-state index is 0.0158. The van der Waals surface area contributed by atoms with E-state index in [2.05, 4.69) is 9.88 Å². The Labute approximate surface area is 111 Å². The van der Waals surface area contributed by atoms with Crippen molar-refractivity contribution in [1.82, 2.24) is 19.4 Å². The van der Waals surface area contributed by atoms with Crippen molar-refractivity contribution in [3.8, 4) is 0 Å². The first kappa shape index (κ1) is 13.5. The van der Waals surface area contributed by atoms with Crippen molar-refractivity contribution in [2.45, 2.75) is 6.42 Å². The van der Waals surface area contributed by atoms with Crippen LogP contribution in [0.1, 0.15) is 16.9 Å². The second-order valence-corrected chi connectivity index (χ2v) is 4.67. The molecule has 0 spiro atoms. The van der Waals surface area contributed by atoms with Crippen molar-refractivity contribution < 1.29 is 14.7 Å². The van der Waals surface area contributed by atoms with E-state index < -0.39 is 5.97 Å². The van der Waals surface area contributed by atoms with Crippen LogP contribution in [-0.2, 0) is 11.8 Å². The van der Waals surface area contributed by atoms with E-state index in [0.29, 0.717) is 25.3 Å². The van der Waals surface area contributed by atoms with Crippen molar-refractivity contribution in [2.24, 2.45) is 7.05 Å². The molecule has 0 aliphatic carbocycles. The van der Waals surface area contributed by atoms with Crippen LogP contribution in [-0.4, -0.2) is 69.1 Å². The normalized spacial score (nSPS) is 16.6. The van der Waals surface area contributed by atoms with Crippen LogP contribution in [0.15, 0.2) is 12.5 Å². The number of piperazine rings is 1. The molecule has 19 heavy (non-hydrogen) atoms. The largest absolute Gasteiger partial charge is 0.481 e. The average Bonchev–Trinajstić information content (AvgIpc) is 2.82. The van der Waals surface area contributed by atoms with E-state index in [-0.39, 0.29) is 12.3 Å². The highest BCUT2D eigenvalue weighted by Crippen LogP contribution is 2.08. The third kappa shape index (κ3) is 3.31. The summed E-state index contributed by atoms with van der Waals surface area (Å²) < 4.78 is 1.71. The second kappa shape index (κ2) is 5.83. The molecule has 0 unspecified atom stereocenters. The number of carboxylic acids is 1. The Bertz CT molecular complexity index is 463. The molecular formula is C12H18N4O3. The van der Waals surface area contributed by atoms with Gasteiger partial charge in [0.05, 0.1) is 18.9 Å². The molecule has 0 bridgehead atoms. The van der Waals surface area contributed by atoms with E-state index in [1.54, 1.807) is 29.0 Å². The number of carbonyl (C=O) groups excluding carboxylic acids is 1. The molecule has 0 atom stereocenters. The van der Waals surface area contributed by atoms with Gasteiger partial charge < -0.3 is 14.6 Å². The standard InChI is InChI=1S/C12H18N4O3/c1-14-9-13-8-10(14)12(19)16-6-4-15(5-7-16)3-2-11(17)18/h8-9H,2-7H2,1H3,(H,17,18). The monoisotopic (exact) mass is 266 g/mol. The molecule has 1 aliphatic rings. The summed E-state index contributed by atoms with van der Waals surface area (Å²) in [6, 6.07) is 0. The maximum absolute atomic E-state index is 12.2. The first-order valence-electron chi connectivity index (χ1n) is 6.27. The van der Waals surface area contributed by atoms with Gasteiger partial charge in [0.2, 0.25) is 0 Å². The average molecular weight is 266 g/mol. The van der Waals surface area contributed by atoms with Crippen molar-refractivity contribution in [3.05, 3.63) is 18.2 Å². The number of imidazole rings is 1. The molecule has 1 aromatic rings. The van der Waals surface area contributed by atoms with Crippen molar-refractivity contribution in [1.29, 1.82) is 0 Å². The molecule has 1 saturated heterocycles. The molecule has 0 aromatic carbocycles. The number of hydrogen-bond acceptors (Lipinski definition) is 4. The van der Waals surface area contributed by atoms with Crippen LogP contribution >= 0.6 is 0 Å². The number of aromatic nitrogens is 2. The Hall–Kier alpha value is -1.89. The first-order valence-corrected chi connectivity index (χ1v) is 6.27. The van der Waals surface area contributed by atoms with E-state index in [1.807, 2.05) is 0 Å². The minimum Gasteiger partial charge on any atom is -0.481 e. The van der Waals surface area contributed by atoms with E-state index in [0.717, 1.165) is 13.1 Å². The molecule has 7 nitrogen and oxygen atoms in total. The van der Waals surface area contributed by atoms with Crippen molar-refractivity contribution in [2.75, 3.05) is 32.7 Å². The smallest absolute Gasteiger partial charge is 0.304 e. The lowest BCUT2D eigenvalue weighted by Gasteiger charge is -2.34. The fraction of sp³-hybridized carbons (Fsp3) is 0.583. The zero-order valence-electron chi connectivity index (χ0n) is 10.9. The Morgan fingerprint density at radius 1 is 1.32 bits per heavy atom. The molecule has 2 rings (SSSR count). The lowest BCUT2D eigenvalue weighted by molar-refractivity contribution is -0.137. The summed E-state index contributed by atoms with van der Waals surface area (Å²) in [4.78, 5) is 30.5. The SMILES string of the molecule is Cn1cncc1C(=O)N1CCN(CCC(=O)O)CC1. The second-order valence-electron chi connectivity index (χ2n) is 4.67. The van der Waals surface area contributed by atoms with Crippen LogP contribution in [0.25, 0.3) is 0 Å². The number of hydrogen-bond donors (Lipinski definition) is 1. The van der Waals surface area contributed by atoms with Crippen LogP contribution in [0.5, 0.6) is 0 Å². The molecule has 1 amide bonds.